The van der Waals surface area contributed by atoms with Crippen LogP contribution < -0.4 is 0 Å². The van der Waals surface area contributed by atoms with E-state index in [2.05, 4.69) is 0 Å². The van der Waals surface area contributed by atoms with Gasteiger partial charge in [-0.2, -0.15) is 0 Å². The van der Waals surface area contributed by atoms with Gasteiger partial charge in [-0.3, -0.25) is 29.4 Å². The molecule has 1 aromatic carbocycles. The number of likely N-dealkylation sites (tertiary alicyclic amines) is 1. The zero-order chi connectivity index (χ0) is 17.4. The number of carbonyl (C=O) groups is 3. The molecule has 0 bridgehead atoms. The highest BCUT2D eigenvalue weighted by Crippen LogP contribution is 2.35. The number of hydrogen-bond acceptors (Lipinski definition) is 5. The summed E-state index contributed by atoms with van der Waals surface area (Å²) in [6, 6.07) is 4.16. The standard InChI is InChI=1S/C17H16N2O5/c1-10-6-7-11(8-14(10)19(23)24)15(20)9-18-16(21)12-4-2-3-5-13(12)17(18)22/h2-3,6-8,12-13H,4-5,9H2,1H3/t12-,13-/m0/s1. The van der Waals surface area contributed by atoms with Crippen LogP contribution in [0.15, 0.2) is 30.4 Å². The van der Waals surface area contributed by atoms with Crippen molar-refractivity contribution in [1.29, 1.82) is 0 Å². The minimum absolute atomic E-state index is 0.126. The van der Waals surface area contributed by atoms with Gasteiger partial charge in [0.15, 0.2) is 5.78 Å². The Morgan fingerprint density at radius 2 is 1.79 bits per heavy atom. The Balaban J connectivity index is 1.80. The van der Waals surface area contributed by atoms with Crippen LogP contribution in [0.5, 0.6) is 0 Å². The lowest BCUT2D eigenvalue weighted by Gasteiger charge is -2.14. The Morgan fingerprint density at radius 1 is 1.21 bits per heavy atom. The number of imide groups is 1. The largest absolute Gasteiger partial charge is 0.292 e. The molecule has 0 N–H and O–H groups in total. The summed E-state index contributed by atoms with van der Waals surface area (Å²) in [4.78, 5) is 48.5. The van der Waals surface area contributed by atoms with Crippen molar-refractivity contribution in [1.82, 2.24) is 4.90 Å². The van der Waals surface area contributed by atoms with Gasteiger partial charge < -0.3 is 0 Å². The topological polar surface area (TPSA) is 97.6 Å². The average molecular weight is 328 g/mol. The van der Waals surface area contributed by atoms with E-state index >= 15 is 0 Å². The van der Waals surface area contributed by atoms with Gasteiger partial charge in [0.25, 0.3) is 5.69 Å². The Bertz CT molecular complexity index is 757. The molecule has 0 aromatic heterocycles. The zero-order valence-corrected chi connectivity index (χ0v) is 13.1. The molecule has 0 unspecified atom stereocenters. The normalized spacial score (nSPS) is 22.6. The quantitative estimate of drug-likeness (QED) is 0.277. The van der Waals surface area contributed by atoms with Crippen molar-refractivity contribution in [3.63, 3.8) is 0 Å². The van der Waals surface area contributed by atoms with Gasteiger partial charge in [-0.1, -0.05) is 24.3 Å². The second-order valence-electron chi connectivity index (χ2n) is 6.10. The molecule has 1 saturated heterocycles. The molecule has 0 spiro atoms. The Labute approximate surface area is 138 Å². The molecule has 24 heavy (non-hydrogen) atoms. The lowest BCUT2D eigenvalue weighted by Crippen LogP contribution is -2.36. The van der Waals surface area contributed by atoms with Crippen molar-refractivity contribution in [2.45, 2.75) is 19.8 Å². The molecule has 1 fully saturated rings. The molecule has 2 aliphatic rings. The molecule has 7 nitrogen and oxygen atoms in total. The Kier molecular flexibility index (Phi) is 4.01. The van der Waals surface area contributed by atoms with Crippen LogP contribution in [0.2, 0.25) is 0 Å². The van der Waals surface area contributed by atoms with Crippen LogP contribution in [-0.4, -0.2) is 34.0 Å². The molecular weight excluding hydrogens is 312 g/mol. The summed E-state index contributed by atoms with van der Waals surface area (Å²) in [7, 11) is 0. The van der Waals surface area contributed by atoms with Crippen LogP contribution in [0.25, 0.3) is 0 Å². The summed E-state index contributed by atoms with van der Waals surface area (Å²) in [5.74, 6) is -1.91. The minimum atomic E-state index is -0.557. The fourth-order valence-electron chi connectivity index (χ4n) is 3.24. The molecule has 1 aromatic rings. The second kappa shape index (κ2) is 5.99. The summed E-state index contributed by atoms with van der Waals surface area (Å²) in [5.41, 5.74) is 0.417. The summed E-state index contributed by atoms with van der Waals surface area (Å²) >= 11 is 0. The molecular formula is C17H16N2O5. The van der Waals surface area contributed by atoms with Gasteiger partial charge in [0, 0.05) is 17.2 Å². The van der Waals surface area contributed by atoms with Crippen molar-refractivity contribution >= 4 is 23.3 Å². The van der Waals surface area contributed by atoms with Gasteiger partial charge in [-0.25, -0.2) is 0 Å². The lowest BCUT2D eigenvalue weighted by molar-refractivity contribution is -0.385. The maximum absolute atomic E-state index is 12.4. The van der Waals surface area contributed by atoms with Crippen LogP contribution in [-0.2, 0) is 9.59 Å². The zero-order valence-electron chi connectivity index (χ0n) is 13.1. The first-order chi connectivity index (χ1) is 11.4. The number of aryl methyl sites for hydroxylation is 1. The van der Waals surface area contributed by atoms with E-state index in [0.717, 1.165) is 4.90 Å². The lowest BCUT2D eigenvalue weighted by atomic mass is 9.85. The molecule has 1 heterocycles. The number of benzene rings is 1. The highest BCUT2D eigenvalue weighted by molar-refractivity contribution is 6.10. The Hall–Kier alpha value is -2.83. The van der Waals surface area contributed by atoms with Crippen LogP contribution in [0.3, 0.4) is 0 Å². The molecule has 1 aliphatic carbocycles. The third-order valence-corrected chi connectivity index (χ3v) is 4.63. The van der Waals surface area contributed by atoms with Crippen molar-refractivity contribution in [3.8, 4) is 0 Å². The van der Waals surface area contributed by atoms with Gasteiger partial charge in [0.05, 0.1) is 23.3 Å². The number of Topliss-reactive ketones (excluding diaryl/α,β-unsaturated/α-hetero) is 1. The summed E-state index contributed by atoms with van der Waals surface area (Å²) in [6.07, 6.45) is 4.77. The molecule has 1 aliphatic heterocycles. The first kappa shape index (κ1) is 16.0. The van der Waals surface area contributed by atoms with Gasteiger partial charge in [-0.15, -0.1) is 0 Å². The van der Waals surface area contributed by atoms with Crippen LogP contribution >= 0.6 is 0 Å². The third-order valence-electron chi connectivity index (χ3n) is 4.63. The molecule has 7 heteroatoms. The predicted molar refractivity (Wildman–Crippen MR) is 84.2 cm³/mol. The maximum atomic E-state index is 12.4. The molecule has 124 valence electrons. The predicted octanol–water partition coefficient (Wildman–Crippen LogP) is 2.04. The van der Waals surface area contributed by atoms with Gasteiger partial charge in [0.2, 0.25) is 11.8 Å². The molecule has 3 rings (SSSR count). The van der Waals surface area contributed by atoms with Gasteiger partial charge in [0.1, 0.15) is 0 Å². The first-order valence-electron chi connectivity index (χ1n) is 7.68. The van der Waals surface area contributed by atoms with E-state index in [-0.39, 0.29) is 41.4 Å². The molecule has 2 amide bonds. The fourth-order valence-corrected chi connectivity index (χ4v) is 3.24. The number of ketones is 1. The number of nitro benzene ring substituents is 1. The summed E-state index contributed by atoms with van der Waals surface area (Å²) < 4.78 is 0. The second-order valence-corrected chi connectivity index (χ2v) is 6.10. The van der Waals surface area contributed by atoms with Crippen molar-refractivity contribution in [2.24, 2.45) is 11.8 Å². The van der Waals surface area contributed by atoms with E-state index in [1.165, 1.54) is 18.2 Å². The number of amides is 2. The number of nitro groups is 1. The highest BCUT2D eigenvalue weighted by atomic mass is 16.6. The monoisotopic (exact) mass is 328 g/mol. The van der Waals surface area contributed by atoms with E-state index < -0.39 is 10.7 Å². The summed E-state index contributed by atoms with van der Waals surface area (Å²) in [6.45, 7) is 1.21. The summed E-state index contributed by atoms with van der Waals surface area (Å²) in [5, 5.41) is 11.0. The van der Waals surface area contributed by atoms with Crippen molar-refractivity contribution < 1.29 is 19.3 Å². The van der Waals surface area contributed by atoms with Crippen LogP contribution in [0, 0.1) is 28.9 Å². The van der Waals surface area contributed by atoms with Gasteiger partial charge >= 0.3 is 0 Å². The molecule has 0 radical (unpaired) electrons. The smallest absolute Gasteiger partial charge is 0.273 e. The number of hydrogen-bond donors (Lipinski definition) is 0. The van der Waals surface area contributed by atoms with E-state index in [9.17, 15) is 24.5 Å². The van der Waals surface area contributed by atoms with E-state index in [1.807, 2.05) is 12.2 Å². The van der Waals surface area contributed by atoms with E-state index in [0.29, 0.717) is 18.4 Å². The fraction of sp³-hybridized carbons (Fsp3) is 0.353. The number of allylic oxidation sites excluding steroid dienone is 2. The van der Waals surface area contributed by atoms with Gasteiger partial charge in [-0.05, 0) is 19.8 Å². The minimum Gasteiger partial charge on any atom is -0.292 e. The maximum Gasteiger partial charge on any atom is 0.273 e. The number of nitrogens with zero attached hydrogens (tertiary/aromatic N) is 2. The number of carbonyl (C=O) groups excluding carboxylic acids is 3. The third kappa shape index (κ3) is 2.62. The van der Waals surface area contributed by atoms with Crippen LogP contribution in [0.1, 0.15) is 28.8 Å². The van der Waals surface area contributed by atoms with E-state index in [1.54, 1.807) is 6.92 Å². The first-order valence-corrected chi connectivity index (χ1v) is 7.68. The Morgan fingerprint density at radius 3 is 2.33 bits per heavy atom. The van der Waals surface area contributed by atoms with Crippen molar-refractivity contribution in [2.75, 3.05) is 6.54 Å². The number of rotatable bonds is 4. The molecule has 2 atom stereocenters. The molecule has 0 saturated carbocycles. The highest BCUT2D eigenvalue weighted by Gasteiger charge is 2.47. The average Bonchev–Trinajstić information content (AvgIpc) is 2.80. The number of fused-ring (bicyclic) bond motifs is 1. The SMILES string of the molecule is Cc1ccc(C(=O)CN2C(=O)[C@H]3CC=CC[C@@H]3C2=O)cc1[N+](=O)[O-]. The van der Waals surface area contributed by atoms with Crippen molar-refractivity contribution in [3.05, 3.63) is 51.6 Å². The van der Waals surface area contributed by atoms with Crippen LogP contribution in [0.4, 0.5) is 5.69 Å². The van der Waals surface area contributed by atoms with E-state index in [4.69, 9.17) is 0 Å².